The van der Waals surface area contributed by atoms with Crippen molar-refractivity contribution >= 4 is 50.8 Å². The molecule has 0 fully saturated rings. The van der Waals surface area contributed by atoms with Gasteiger partial charge in [0.1, 0.15) is 6.54 Å². The molecule has 4 nitrogen and oxygen atoms in total. The molecule has 0 spiro atoms. The number of hydrogen-bond donors (Lipinski definition) is 1. The number of halogens is 1. The first kappa shape index (κ1) is 19.4. The van der Waals surface area contributed by atoms with E-state index in [1.54, 1.807) is 22.3 Å². The van der Waals surface area contributed by atoms with Gasteiger partial charge in [0.25, 0.3) is 0 Å². The van der Waals surface area contributed by atoms with Crippen molar-refractivity contribution in [3.05, 3.63) is 56.7 Å². The Hall–Kier alpha value is -1.92. The van der Waals surface area contributed by atoms with Crippen LogP contribution in [0.15, 0.2) is 46.3 Å². The zero-order valence-corrected chi connectivity index (χ0v) is 16.7. The van der Waals surface area contributed by atoms with E-state index in [0.29, 0.717) is 6.54 Å². The number of aryl methyl sites for hydroxylation is 1. The second-order valence-corrected chi connectivity index (χ2v) is 8.09. The minimum absolute atomic E-state index is 0.0412. The number of thiophene rings is 1. The average molecular weight is 421 g/mol. The summed E-state index contributed by atoms with van der Waals surface area (Å²) in [4.78, 5) is 27.3. The van der Waals surface area contributed by atoms with Gasteiger partial charge in [-0.05, 0) is 59.1 Å². The minimum Gasteiger partial charge on any atom is -0.330 e. The number of para-hydroxylation sites is 1. The molecule has 2 rings (SSSR count). The van der Waals surface area contributed by atoms with Crippen molar-refractivity contribution in [1.82, 2.24) is 4.90 Å². The molecule has 132 valence electrons. The summed E-state index contributed by atoms with van der Waals surface area (Å²) in [5.41, 5.74) is 1.77. The van der Waals surface area contributed by atoms with Crippen molar-refractivity contribution in [2.24, 2.45) is 0 Å². The van der Waals surface area contributed by atoms with Gasteiger partial charge in [-0.2, -0.15) is 0 Å². The normalized spacial score (nSPS) is 10.8. The molecule has 0 aliphatic carbocycles. The molecule has 0 radical (unpaired) electrons. The second-order valence-electron chi connectivity index (χ2n) is 5.60. The third-order valence-corrected chi connectivity index (χ3v) is 5.13. The predicted molar refractivity (Wildman–Crippen MR) is 108 cm³/mol. The second kappa shape index (κ2) is 9.53. The third kappa shape index (κ3) is 6.14. The predicted octanol–water partition coefficient (Wildman–Crippen LogP) is 4.71. The van der Waals surface area contributed by atoms with Crippen LogP contribution in [-0.2, 0) is 9.59 Å². The quantitative estimate of drug-likeness (QED) is 0.659. The Labute approximate surface area is 160 Å². The smallest absolute Gasteiger partial charge is 0.247 e. The number of rotatable bonds is 7. The van der Waals surface area contributed by atoms with E-state index >= 15 is 0 Å². The molecule has 0 aliphatic rings. The molecule has 6 heteroatoms. The van der Waals surface area contributed by atoms with E-state index < -0.39 is 0 Å². The first-order chi connectivity index (χ1) is 12.0. The van der Waals surface area contributed by atoms with Crippen LogP contribution in [0.3, 0.4) is 0 Å². The number of carbonyl (C=O) groups is 2. The summed E-state index contributed by atoms with van der Waals surface area (Å²) in [7, 11) is 0. The standard InChI is InChI=1S/C19H21BrN2O2S/c1-3-12-22(19(24)11-9-15-8-10-17(20)25-15)13-18(23)21-16-7-5-4-6-14(16)2/h4-11H,3,12-13H2,1-2H3,(H,21,23)/b11-9+. The molecule has 2 aromatic rings. The Kier molecular flexibility index (Phi) is 7.40. The van der Waals surface area contributed by atoms with Gasteiger partial charge in [0.15, 0.2) is 0 Å². The van der Waals surface area contributed by atoms with Crippen LogP contribution < -0.4 is 5.32 Å². The Bertz CT molecular complexity index is 770. The topological polar surface area (TPSA) is 49.4 Å². The Morgan fingerprint density at radius 2 is 2.00 bits per heavy atom. The lowest BCUT2D eigenvalue weighted by molar-refractivity contribution is -0.130. The fraction of sp³-hybridized carbons (Fsp3) is 0.263. The van der Waals surface area contributed by atoms with Crippen LogP contribution >= 0.6 is 27.3 Å². The summed E-state index contributed by atoms with van der Waals surface area (Å²) in [6, 6.07) is 11.5. The Morgan fingerprint density at radius 1 is 1.24 bits per heavy atom. The first-order valence-corrected chi connectivity index (χ1v) is 9.68. The van der Waals surface area contributed by atoms with Crippen LogP contribution in [0.25, 0.3) is 6.08 Å². The van der Waals surface area contributed by atoms with Crippen molar-refractivity contribution in [2.45, 2.75) is 20.3 Å². The van der Waals surface area contributed by atoms with Gasteiger partial charge in [-0.25, -0.2) is 0 Å². The number of amides is 2. The molecule has 1 N–H and O–H groups in total. The van der Waals surface area contributed by atoms with E-state index in [-0.39, 0.29) is 18.4 Å². The lowest BCUT2D eigenvalue weighted by atomic mass is 10.2. The van der Waals surface area contributed by atoms with Gasteiger partial charge in [0.2, 0.25) is 11.8 Å². The maximum atomic E-state index is 12.4. The van der Waals surface area contributed by atoms with E-state index in [4.69, 9.17) is 0 Å². The van der Waals surface area contributed by atoms with E-state index in [1.165, 1.54) is 6.08 Å². The molecule has 0 saturated heterocycles. The van der Waals surface area contributed by atoms with Crippen LogP contribution in [0.5, 0.6) is 0 Å². The highest BCUT2D eigenvalue weighted by Crippen LogP contribution is 2.23. The minimum atomic E-state index is -0.191. The lowest BCUT2D eigenvalue weighted by Gasteiger charge is -2.20. The van der Waals surface area contributed by atoms with Gasteiger partial charge in [0.05, 0.1) is 3.79 Å². The molecule has 0 saturated carbocycles. The Balaban J connectivity index is 1.99. The summed E-state index contributed by atoms with van der Waals surface area (Å²) >= 11 is 4.95. The fourth-order valence-electron chi connectivity index (χ4n) is 2.29. The highest BCUT2D eigenvalue weighted by atomic mass is 79.9. The van der Waals surface area contributed by atoms with E-state index in [0.717, 1.165) is 26.3 Å². The molecule has 2 amide bonds. The van der Waals surface area contributed by atoms with Crippen molar-refractivity contribution in [3.8, 4) is 0 Å². The zero-order valence-electron chi connectivity index (χ0n) is 14.3. The molecule has 0 aliphatic heterocycles. The number of benzene rings is 1. The monoisotopic (exact) mass is 420 g/mol. The molecule has 1 heterocycles. The largest absolute Gasteiger partial charge is 0.330 e. The van der Waals surface area contributed by atoms with Crippen LogP contribution in [0.4, 0.5) is 5.69 Å². The van der Waals surface area contributed by atoms with Crippen molar-refractivity contribution < 1.29 is 9.59 Å². The Morgan fingerprint density at radius 3 is 2.64 bits per heavy atom. The third-order valence-electron chi connectivity index (χ3n) is 3.54. The fourth-order valence-corrected chi connectivity index (χ4v) is 3.62. The van der Waals surface area contributed by atoms with E-state index in [1.807, 2.05) is 50.2 Å². The lowest BCUT2D eigenvalue weighted by Crippen LogP contribution is -2.37. The van der Waals surface area contributed by atoms with Crippen LogP contribution in [0.2, 0.25) is 0 Å². The molecule has 1 aromatic heterocycles. The number of hydrogen-bond acceptors (Lipinski definition) is 3. The SMILES string of the molecule is CCCN(CC(=O)Nc1ccccc1C)C(=O)/C=C/c1ccc(Br)s1. The molecule has 0 bridgehead atoms. The number of carbonyl (C=O) groups excluding carboxylic acids is 2. The van der Waals surface area contributed by atoms with E-state index in [2.05, 4.69) is 21.2 Å². The first-order valence-electron chi connectivity index (χ1n) is 8.07. The van der Waals surface area contributed by atoms with Gasteiger partial charge in [-0.3, -0.25) is 9.59 Å². The van der Waals surface area contributed by atoms with Gasteiger partial charge < -0.3 is 10.2 Å². The number of anilines is 1. The molecule has 0 atom stereocenters. The maximum Gasteiger partial charge on any atom is 0.247 e. The number of nitrogens with zero attached hydrogens (tertiary/aromatic N) is 1. The van der Waals surface area contributed by atoms with E-state index in [9.17, 15) is 9.59 Å². The van der Waals surface area contributed by atoms with Gasteiger partial charge >= 0.3 is 0 Å². The van der Waals surface area contributed by atoms with Gasteiger partial charge in [-0.1, -0.05) is 25.1 Å². The molecule has 0 unspecified atom stereocenters. The summed E-state index contributed by atoms with van der Waals surface area (Å²) < 4.78 is 1.02. The summed E-state index contributed by atoms with van der Waals surface area (Å²) in [5, 5.41) is 2.87. The summed E-state index contributed by atoms with van der Waals surface area (Å²) in [6.07, 6.45) is 4.09. The highest BCUT2D eigenvalue weighted by Gasteiger charge is 2.15. The average Bonchev–Trinajstić information content (AvgIpc) is 3.00. The van der Waals surface area contributed by atoms with Crippen LogP contribution in [0, 0.1) is 6.92 Å². The summed E-state index contributed by atoms with van der Waals surface area (Å²) in [5.74, 6) is -0.352. The van der Waals surface area contributed by atoms with Crippen molar-refractivity contribution in [2.75, 3.05) is 18.4 Å². The van der Waals surface area contributed by atoms with Gasteiger partial charge in [0, 0.05) is 23.2 Å². The maximum absolute atomic E-state index is 12.4. The highest BCUT2D eigenvalue weighted by molar-refractivity contribution is 9.11. The van der Waals surface area contributed by atoms with Gasteiger partial charge in [-0.15, -0.1) is 11.3 Å². The molecule has 1 aromatic carbocycles. The summed E-state index contributed by atoms with van der Waals surface area (Å²) in [6.45, 7) is 4.50. The molecular formula is C19H21BrN2O2S. The van der Waals surface area contributed by atoms with Crippen molar-refractivity contribution in [3.63, 3.8) is 0 Å². The van der Waals surface area contributed by atoms with Crippen LogP contribution in [-0.4, -0.2) is 29.8 Å². The van der Waals surface area contributed by atoms with Crippen LogP contribution in [0.1, 0.15) is 23.8 Å². The number of nitrogens with one attached hydrogen (secondary N) is 1. The molecular weight excluding hydrogens is 400 g/mol. The zero-order chi connectivity index (χ0) is 18.2. The van der Waals surface area contributed by atoms with Crippen molar-refractivity contribution in [1.29, 1.82) is 0 Å². The molecule has 25 heavy (non-hydrogen) atoms.